The van der Waals surface area contributed by atoms with Gasteiger partial charge in [-0.1, -0.05) is 12.2 Å². The fourth-order valence-electron chi connectivity index (χ4n) is 2.52. The molecule has 78 valence electrons. The third-order valence-electron chi connectivity index (χ3n) is 3.13. The summed E-state index contributed by atoms with van der Waals surface area (Å²) in [5, 5.41) is 0. The van der Waals surface area contributed by atoms with Crippen LogP contribution in [0.25, 0.3) is 0 Å². The molecular formula is C9H8N2O4. The summed E-state index contributed by atoms with van der Waals surface area (Å²) in [6.45, 7) is 0. The van der Waals surface area contributed by atoms with Gasteiger partial charge in [0.15, 0.2) is 0 Å². The highest BCUT2D eigenvalue weighted by Crippen LogP contribution is 2.44. The van der Waals surface area contributed by atoms with Crippen LogP contribution in [-0.2, 0) is 14.3 Å². The van der Waals surface area contributed by atoms with Gasteiger partial charge >= 0.3 is 6.03 Å². The van der Waals surface area contributed by atoms with Crippen molar-refractivity contribution >= 4 is 17.8 Å². The van der Waals surface area contributed by atoms with E-state index in [1.807, 2.05) is 0 Å². The number of hydrogen-bond acceptors (Lipinski definition) is 4. The second-order valence-electron chi connectivity index (χ2n) is 3.85. The number of hydrogen-bond donors (Lipinski definition) is 1. The molecule has 2 bridgehead atoms. The molecule has 4 amide bonds. The van der Waals surface area contributed by atoms with E-state index in [1.54, 1.807) is 12.2 Å². The minimum atomic E-state index is -1.00. The van der Waals surface area contributed by atoms with E-state index >= 15 is 0 Å². The van der Waals surface area contributed by atoms with Crippen LogP contribution in [0.4, 0.5) is 4.79 Å². The summed E-state index contributed by atoms with van der Waals surface area (Å²) >= 11 is 0. The van der Waals surface area contributed by atoms with E-state index in [0.717, 1.165) is 0 Å². The third-order valence-corrected chi connectivity index (χ3v) is 3.13. The Hall–Kier alpha value is -1.69. The van der Waals surface area contributed by atoms with Crippen molar-refractivity contribution < 1.29 is 19.1 Å². The van der Waals surface area contributed by atoms with Gasteiger partial charge in [-0.25, -0.2) is 4.79 Å². The van der Waals surface area contributed by atoms with E-state index in [2.05, 4.69) is 0 Å². The number of ether oxygens (including phenoxy) is 1. The molecule has 6 heteroatoms. The number of urea groups is 1. The first-order valence-electron chi connectivity index (χ1n) is 4.62. The monoisotopic (exact) mass is 208 g/mol. The normalized spacial score (nSPS) is 41.5. The number of primary amides is 1. The Morgan fingerprint density at radius 2 is 1.67 bits per heavy atom. The van der Waals surface area contributed by atoms with Crippen LogP contribution in [0.1, 0.15) is 0 Å². The molecule has 2 N–H and O–H groups in total. The fraction of sp³-hybridized carbons (Fsp3) is 0.444. The lowest BCUT2D eigenvalue weighted by Gasteiger charge is -2.12. The predicted molar refractivity (Wildman–Crippen MR) is 46.2 cm³/mol. The number of fused-ring (bicyclic) bond motifs is 5. The quantitative estimate of drug-likeness (QED) is 0.408. The SMILES string of the molecule is NC(=O)N1C(=O)[C@@H]2[C@H](C1=O)[C@H]1C=C[C@@H]2O1. The minimum absolute atomic E-state index is 0.374. The summed E-state index contributed by atoms with van der Waals surface area (Å²) in [5.74, 6) is -2.18. The molecule has 2 saturated heterocycles. The van der Waals surface area contributed by atoms with E-state index in [0.29, 0.717) is 4.90 Å². The Labute approximate surface area is 84.6 Å². The van der Waals surface area contributed by atoms with Gasteiger partial charge in [-0.05, 0) is 0 Å². The van der Waals surface area contributed by atoms with Gasteiger partial charge in [-0.2, -0.15) is 4.90 Å². The Morgan fingerprint density at radius 3 is 2.07 bits per heavy atom. The molecule has 3 aliphatic rings. The molecule has 0 radical (unpaired) electrons. The van der Waals surface area contributed by atoms with E-state index in [1.165, 1.54) is 0 Å². The van der Waals surface area contributed by atoms with Gasteiger partial charge in [-0.3, -0.25) is 9.59 Å². The number of amides is 4. The predicted octanol–water partition coefficient (Wildman–Crippen LogP) is -0.996. The van der Waals surface area contributed by atoms with Gasteiger partial charge in [0.1, 0.15) is 0 Å². The van der Waals surface area contributed by atoms with Crippen LogP contribution >= 0.6 is 0 Å². The number of likely N-dealkylation sites (tertiary alicyclic amines) is 1. The van der Waals surface area contributed by atoms with Crippen molar-refractivity contribution in [3.05, 3.63) is 12.2 Å². The summed E-state index contributed by atoms with van der Waals surface area (Å²) in [6.07, 6.45) is 2.75. The molecule has 0 aromatic heterocycles. The highest BCUT2D eigenvalue weighted by Gasteiger charge is 2.61. The number of carbonyl (C=O) groups excluding carboxylic acids is 3. The maximum atomic E-state index is 11.7. The van der Waals surface area contributed by atoms with Crippen molar-refractivity contribution in [2.24, 2.45) is 17.6 Å². The summed E-state index contributed by atoms with van der Waals surface area (Å²) in [4.78, 5) is 34.9. The lowest BCUT2D eigenvalue weighted by molar-refractivity contribution is -0.138. The number of imide groups is 3. The first-order chi connectivity index (χ1) is 7.11. The molecular weight excluding hydrogens is 200 g/mol. The van der Waals surface area contributed by atoms with Crippen LogP contribution < -0.4 is 5.73 Å². The zero-order valence-corrected chi connectivity index (χ0v) is 7.62. The lowest BCUT2D eigenvalue weighted by atomic mass is 9.85. The molecule has 0 unspecified atom stereocenters. The van der Waals surface area contributed by atoms with Crippen molar-refractivity contribution in [1.29, 1.82) is 0 Å². The Bertz CT molecular complexity index is 386. The fourth-order valence-corrected chi connectivity index (χ4v) is 2.52. The second-order valence-corrected chi connectivity index (χ2v) is 3.85. The van der Waals surface area contributed by atoms with Gasteiger partial charge < -0.3 is 10.5 Å². The van der Waals surface area contributed by atoms with Crippen molar-refractivity contribution in [1.82, 2.24) is 4.90 Å². The molecule has 6 nitrogen and oxygen atoms in total. The zero-order chi connectivity index (χ0) is 10.7. The first-order valence-corrected chi connectivity index (χ1v) is 4.62. The van der Waals surface area contributed by atoms with Crippen molar-refractivity contribution in [2.45, 2.75) is 12.2 Å². The van der Waals surface area contributed by atoms with E-state index < -0.39 is 29.7 Å². The summed E-state index contributed by atoms with van der Waals surface area (Å²) in [7, 11) is 0. The highest BCUT2D eigenvalue weighted by molar-refractivity contribution is 6.17. The van der Waals surface area contributed by atoms with E-state index in [4.69, 9.17) is 10.5 Å². The average Bonchev–Trinajstić information content (AvgIpc) is 2.79. The summed E-state index contributed by atoms with van der Waals surface area (Å²) in [6, 6.07) is -1.00. The van der Waals surface area contributed by atoms with Gasteiger partial charge in [-0.15, -0.1) is 0 Å². The topological polar surface area (TPSA) is 89.7 Å². The molecule has 0 aliphatic carbocycles. The van der Waals surface area contributed by atoms with Crippen LogP contribution in [-0.4, -0.2) is 35.0 Å². The number of nitrogens with two attached hydrogens (primary N) is 1. The second kappa shape index (κ2) is 2.46. The molecule has 15 heavy (non-hydrogen) atoms. The molecule has 0 aromatic carbocycles. The number of rotatable bonds is 0. The molecule has 2 fully saturated rings. The van der Waals surface area contributed by atoms with Crippen LogP contribution in [0, 0.1) is 11.8 Å². The van der Waals surface area contributed by atoms with Crippen LogP contribution in [0.15, 0.2) is 12.2 Å². The first kappa shape index (κ1) is 8.60. The smallest absolute Gasteiger partial charge is 0.328 e. The lowest BCUT2D eigenvalue weighted by Crippen LogP contribution is -2.42. The zero-order valence-electron chi connectivity index (χ0n) is 7.62. The van der Waals surface area contributed by atoms with Crippen LogP contribution in [0.2, 0.25) is 0 Å². The van der Waals surface area contributed by atoms with Crippen LogP contribution in [0.5, 0.6) is 0 Å². The Morgan fingerprint density at radius 1 is 1.20 bits per heavy atom. The van der Waals surface area contributed by atoms with Gasteiger partial charge in [0, 0.05) is 0 Å². The van der Waals surface area contributed by atoms with Gasteiger partial charge in [0.2, 0.25) is 11.8 Å². The van der Waals surface area contributed by atoms with Crippen molar-refractivity contribution in [2.75, 3.05) is 0 Å². The standard InChI is InChI=1S/C9H8N2O4/c10-9(14)11-7(12)5-3-1-2-4(15-3)6(5)8(11)13/h1-6H,(H2,10,14)/t3-,4+,5-,6+. The molecule has 4 atom stereocenters. The van der Waals surface area contributed by atoms with Crippen LogP contribution in [0.3, 0.4) is 0 Å². The molecule has 3 heterocycles. The Kier molecular flexibility index (Phi) is 1.41. The average molecular weight is 208 g/mol. The maximum absolute atomic E-state index is 11.7. The van der Waals surface area contributed by atoms with Gasteiger partial charge in [0.25, 0.3) is 0 Å². The number of nitrogens with zero attached hydrogens (tertiary/aromatic N) is 1. The van der Waals surface area contributed by atoms with E-state index in [9.17, 15) is 14.4 Å². The molecule has 3 rings (SSSR count). The third kappa shape index (κ3) is 0.847. The Balaban J connectivity index is 2.03. The largest absolute Gasteiger partial charge is 0.365 e. The number of carbonyl (C=O) groups is 3. The maximum Gasteiger partial charge on any atom is 0.328 e. The molecule has 0 saturated carbocycles. The molecule has 0 aromatic rings. The van der Waals surface area contributed by atoms with Gasteiger partial charge in [0.05, 0.1) is 24.0 Å². The minimum Gasteiger partial charge on any atom is -0.365 e. The summed E-state index contributed by atoms with van der Waals surface area (Å²) < 4.78 is 5.38. The molecule has 3 aliphatic heterocycles. The van der Waals surface area contributed by atoms with E-state index in [-0.39, 0.29) is 12.2 Å². The van der Waals surface area contributed by atoms with Crippen molar-refractivity contribution in [3.8, 4) is 0 Å². The summed E-state index contributed by atoms with van der Waals surface area (Å²) in [5.41, 5.74) is 4.98. The van der Waals surface area contributed by atoms with Crippen molar-refractivity contribution in [3.63, 3.8) is 0 Å². The highest BCUT2D eigenvalue weighted by atomic mass is 16.5. The molecule has 0 spiro atoms.